The molecule has 10 nitrogen and oxygen atoms in total. The van der Waals surface area contributed by atoms with Gasteiger partial charge in [0.25, 0.3) is 0 Å². The third-order valence-electron chi connectivity index (χ3n) is 9.22. The Morgan fingerprint density at radius 2 is 1.85 bits per heavy atom. The van der Waals surface area contributed by atoms with Crippen molar-refractivity contribution < 1.29 is 38.6 Å². The second-order valence-electron chi connectivity index (χ2n) is 12.2. The van der Waals surface area contributed by atoms with E-state index in [0.717, 1.165) is 32.4 Å². The molecule has 216 valence electrons. The van der Waals surface area contributed by atoms with Gasteiger partial charge in [0.1, 0.15) is 11.6 Å². The van der Waals surface area contributed by atoms with Crippen molar-refractivity contribution in [3.63, 3.8) is 0 Å². The SMILES string of the molecule is CCCN(Cc1cc(O)c2c(c1F)C[C@H]1C[C@H]3[C@H](N(C)C)C(=O)C(C(N)=O)C(=O)[C@@]3(O)C(=O)C1C2=O)CC1CC1. The minimum atomic E-state index is -2.80. The van der Waals surface area contributed by atoms with Crippen LogP contribution >= 0.6 is 0 Å². The molecule has 6 atom stereocenters. The predicted octanol–water partition coefficient (Wildman–Crippen LogP) is 0.628. The number of primary amides is 1. The van der Waals surface area contributed by atoms with Gasteiger partial charge in [-0.3, -0.25) is 33.8 Å². The van der Waals surface area contributed by atoms with Crippen molar-refractivity contribution >= 4 is 29.0 Å². The first-order valence-corrected chi connectivity index (χ1v) is 13.9. The van der Waals surface area contributed by atoms with Crippen LogP contribution in [0.3, 0.4) is 0 Å². The fraction of sp³-hybridized carbons (Fsp3) is 0.621. The lowest BCUT2D eigenvalue weighted by Crippen LogP contribution is -2.74. The van der Waals surface area contributed by atoms with Crippen molar-refractivity contribution in [3.05, 3.63) is 28.6 Å². The highest BCUT2D eigenvalue weighted by Gasteiger charge is 2.69. The predicted molar refractivity (Wildman–Crippen MR) is 140 cm³/mol. The Labute approximate surface area is 231 Å². The number of halogens is 1. The summed E-state index contributed by atoms with van der Waals surface area (Å²) in [7, 11) is 3.03. The van der Waals surface area contributed by atoms with Crippen LogP contribution in [0.2, 0.25) is 0 Å². The van der Waals surface area contributed by atoms with Gasteiger partial charge in [-0.1, -0.05) is 6.92 Å². The van der Waals surface area contributed by atoms with Crippen LogP contribution in [0, 0.1) is 35.4 Å². The summed E-state index contributed by atoms with van der Waals surface area (Å²) in [6.07, 6.45) is 2.95. The highest BCUT2D eigenvalue weighted by molar-refractivity contribution is 6.32. The van der Waals surface area contributed by atoms with Crippen LogP contribution in [-0.2, 0) is 32.1 Å². The van der Waals surface area contributed by atoms with Gasteiger partial charge in [-0.25, -0.2) is 4.39 Å². The van der Waals surface area contributed by atoms with Crippen LogP contribution in [0.1, 0.15) is 54.1 Å². The van der Waals surface area contributed by atoms with Gasteiger partial charge in [-0.05, 0) is 70.6 Å². The van der Waals surface area contributed by atoms with Crippen LogP contribution < -0.4 is 5.73 Å². The summed E-state index contributed by atoms with van der Waals surface area (Å²) in [5.74, 6) is -11.6. The zero-order valence-electron chi connectivity index (χ0n) is 23.0. The molecular formula is C29H36FN3O7. The minimum Gasteiger partial charge on any atom is -0.507 e. The zero-order chi connectivity index (χ0) is 29.3. The standard InChI is InChI=1S/C29H36FN3O7/c1-4-7-33(11-13-5-6-13)12-15-10-18(34)20-16(22(15)30)8-14-9-17-23(32(2)3)25(36)21(28(31)39)27(38)29(17,40)26(37)19(14)24(20)35/h10,13-14,17,19,21,23,34,40H,4-9,11-12H2,1-3H3,(H2,31,39)/t14-,17-,19?,21?,23-,29-/m0/s1. The van der Waals surface area contributed by atoms with Crippen molar-refractivity contribution in [1.29, 1.82) is 0 Å². The summed E-state index contributed by atoms with van der Waals surface area (Å²) in [6.45, 7) is 3.88. The number of hydrogen-bond acceptors (Lipinski definition) is 9. The normalized spacial score (nSPS) is 31.8. The molecular weight excluding hydrogens is 521 g/mol. The molecule has 3 saturated carbocycles. The van der Waals surface area contributed by atoms with E-state index in [2.05, 4.69) is 4.90 Å². The number of ketones is 4. The topological polar surface area (TPSA) is 158 Å². The number of carbonyl (C=O) groups is 5. The fourth-order valence-corrected chi connectivity index (χ4v) is 7.28. The second-order valence-corrected chi connectivity index (χ2v) is 12.2. The summed E-state index contributed by atoms with van der Waals surface area (Å²) < 4.78 is 16.0. The van der Waals surface area contributed by atoms with Crippen molar-refractivity contribution in [1.82, 2.24) is 9.80 Å². The Morgan fingerprint density at radius 3 is 2.42 bits per heavy atom. The average molecular weight is 558 g/mol. The molecule has 0 aliphatic heterocycles. The van der Waals surface area contributed by atoms with Gasteiger partial charge in [0.2, 0.25) is 5.91 Å². The lowest BCUT2D eigenvalue weighted by molar-refractivity contribution is -0.181. The third kappa shape index (κ3) is 4.29. The number of nitrogens with zero attached hydrogens (tertiary/aromatic N) is 2. The number of benzene rings is 1. The fourth-order valence-electron chi connectivity index (χ4n) is 7.28. The number of fused-ring (bicyclic) bond motifs is 3. The van der Waals surface area contributed by atoms with Gasteiger partial charge in [0.15, 0.2) is 34.7 Å². The second kappa shape index (κ2) is 10.1. The Balaban J connectivity index is 1.54. The molecule has 0 radical (unpaired) electrons. The lowest BCUT2D eigenvalue weighted by atomic mass is 9.52. The van der Waals surface area contributed by atoms with Crippen LogP contribution in [0.15, 0.2) is 6.07 Å². The van der Waals surface area contributed by atoms with E-state index in [1.807, 2.05) is 6.92 Å². The first kappa shape index (κ1) is 28.5. The van der Waals surface area contributed by atoms with Crippen molar-refractivity contribution in [2.45, 2.75) is 57.2 Å². The molecule has 0 bridgehead atoms. The monoisotopic (exact) mass is 557 g/mol. The van der Waals surface area contributed by atoms with Gasteiger partial charge in [0, 0.05) is 30.1 Å². The van der Waals surface area contributed by atoms with E-state index in [-0.39, 0.29) is 36.1 Å². The summed E-state index contributed by atoms with van der Waals surface area (Å²) in [5.41, 5.74) is 2.47. The Bertz CT molecular complexity index is 1310. The molecule has 5 rings (SSSR count). The molecule has 40 heavy (non-hydrogen) atoms. The molecule has 0 heterocycles. The molecule has 1 aromatic carbocycles. The van der Waals surface area contributed by atoms with E-state index in [0.29, 0.717) is 5.92 Å². The number of nitrogens with two attached hydrogens (primary N) is 1. The van der Waals surface area contributed by atoms with Gasteiger partial charge in [0.05, 0.1) is 17.5 Å². The van der Waals surface area contributed by atoms with Crippen molar-refractivity contribution in [2.24, 2.45) is 35.3 Å². The quantitative estimate of drug-likeness (QED) is 0.390. The number of amides is 1. The molecule has 1 aromatic rings. The van der Waals surface area contributed by atoms with Crippen LogP contribution in [0.5, 0.6) is 5.75 Å². The maximum absolute atomic E-state index is 16.0. The first-order chi connectivity index (χ1) is 18.8. The van der Waals surface area contributed by atoms with E-state index in [1.165, 1.54) is 25.1 Å². The highest BCUT2D eigenvalue weighted by Crippen LogP contribution is 2.51. The van der Waals surface area contributed by atoms with Gasteiger partial charge >= 0.3 is 0 Å². The summed E-state index contributed by atoms with van der Waals surface area (Å²) >= 11 is 0. The van der Waals surface area contributed by atoms with Crippen LogP contribution in [0.4, 0.5) is 4.39 Å². The molecule has 1 amide bonds. The lowest BCUT2D eigenvalue weighted by Gasteiger charge is -2.52. The van der Waals surface area contributed by atoms with Gasteiger partial charge in [-0.15, -0.1) is 0 Å². The number of aliphatic hydroxyl groups is 1. The Morgan fingerprint density at radius 1 is 1.18 bits per heavy atom. The van der Waals surface area contributed by atoms with Gasteiger partial charge in [-0.2, -0.15) is 0 Å². The zero-order valence-corrected chi connectivity index (χ0v) is 23.0. The highest BCUT2D eigenvalue weighted by atomic mass is 19.1. The molecule has 4 N–H and O–H groups in total. The molecule has 11 heteroatoms. The molecule has 4 aliphatic rings. The van der Waals surface area contributed by atoms with E-state index in [9.17, 15) is 34.2 Å². The molecule has 0 aromatic heterocycles. The maximum atomic E-state index is 16.0. The maximum Gasteiger partial charge on any atom is 0.235 e. The molecule has 0 spiro atoms. The smallest absolute Gasteiger partial charge is 0.235 e. The third-order valence-corrected chi connectivity index (χ3v) is 9.22. The number of likely N-dealkylation sites (N-methyl/N-ethyl adjacent to an activating group) is 1. The van der Waals surface area contributed by atoms with Crippen molar-refractivity contribution in [2.75, 3.05) is 27.2 Å². The Hall–Kier alpha value is -3.02. The number of hydrogen-bond donors (Lipinski definition) is 3. The minimum absolute atomic E-state index is 0.00670. The number of rotatable bonds is 8. The van der Waals surface area contributed by atoms with E-state index >= 15 is 4.39 Å². The Kier molecular flexibility index (Phi) is 7.21. The first-order valence-electron chi connectivity index (χ1n) is 13.9. The largest absolute Gasteiger partial charge is 0.507 e. The van der Waals surface area contributed by atoms with Gasteiger partial charge < -0.3 is 15.9 Å². The molecule has 4 aliphatic carbocycles. The number of Topliss-reactive ketones (excluding diaryl/α,β-unsaturated/α-hetero) is 4. The molecule has 0 saturated heterocycles. The summed E-state index contributed by atoms with van der Waals surface area (Å²) in [6, 6.07) is 0.0266. The van der Waals surface area contributed by atoms with E-state index < -0.39 is 75.9 Å². The van der Waals surface area contributed by atoms with Crippen molar-refractivity contribution in [3.8, 4) is 5.75 Å². The summed E-state index contributed by atoms with van der Waals surface area (Å²) in [4.78, 5) is 69.6. The van der Waals surface area contributed by atoms with E-state index in [4.69, 9.17) is 5.73 Å². The number of carbonyl (C=O) groups excluding carboxylic acids is 5. The van der Waals surface area contributed by atoms with E-state index in [1.54, 1.807) is 0 Å². The molecule has 3 fully saturated rings. The number of phenols is 1. The van der Waals surface area contributed by atoms with Crippen LogP contribution in [0.25, 0.3) is 0 Å². The number of aromatic hydroxyl groups is 1. The number of phenolic OH excluding ortho intramolecular Hbond substituents is 1. The average Bonchev–Trinajstić information content (AvgIpc) is 3.68. The summed E-state index contributed by atoms with van der Waals surface area (Å²) in [5, 5.41) is 22.5. The van der Waals surface area contributed by atoms with Crippen LogP contribution in [-0.4, -0.2) is 87.9 Å². The molecule has 2 unspecified atom stereocenters.